The van der Waals surface area contributed by atoms with Crippen LogP contribution in [0.2, 0.25) is 0 Å². The maximum atomic E-state index is 4.81. The zero-order valence-corrected chi connectivity index (χ0v) is 21.8. The van der Waals surface area contributed by atoms with Crippen molar-refractivity contribution in [3.05, 3.63) is 12.2 Å². The monoisotopic (exact) mass is 433 g/mol. The summed E-state index contributed by atoms with van der Waals surface area (Å²) in [6, 6.07) is 0. The van der Waals surface area contributed by atoms with Gasteiger partial charge in [0.15, 0.2) is 5.84 Å². The molecule has 2 heteroatoms. The molecule has 0 amide bonds. The topological polar surface area (TPSA) is 12.4 Å². The summed E-state index contributed by atoms with van der Waals surface area (Å²) < 4.78 is 1.13. The van der Waals surface area contributed by atoms with Gasteiger partial charge in [0.1, 0.15) is 6.54 Å². The van der Waals surface area contributed by atoms with E-state index in [0.717, 1.165) is 11.0 Å². The molecule has 0 aliphatic carbocycles. The van der Waals surface area contributed by atoms with Crippen molar-refractivity contribution in [2.24, 2.45) is 4.99 Å². The van der Waals surface area contributed by atoms with E-state index in [1.807, 2.05) is 0 Å². The summed E-state index contributed by atoms with van der Waals surface area (Å²) in [5.41, 5.74) is 0. The largest absolute Gasteiger partial charge is 0.280 e. The fourth-order valence-corrected chi connectivity index (χ4v) is 5.02. The SMILES string of the molecule is CCCCCCCC/C=C\CCCCCCCCCCCCC1=NCC[N+]1(C)CCC. The molecule has 0 spiro atoms. The lowest BCUT2D eigenvalue weighted by molar-refractivity contribution is -0.815. The fraction of sp³-hybridized carbons (Fsp3) is 0.897. The third kappa shape index (κ3) is 14.9. The first kappa shape index (κ1) is 28.4. The van der Waals surface area contributed by atoms with Crippen LogP contribution in [0.3, 0.4) is 0 Å². The molecule has 0 radical (unpaired) electrons. The Morgan fingerprint density at radius 2 is 1.13 bits per heavy atom. The molecule has 0 aromatic rings. The molecule has 1 atom stereocenters. The molecule has 1 unspecified atom stereocenters. The fourth-order valence-electron chi connectivity index (χ4n) is 5.02. The average molecular weight is 434 g/mol. The van der Waals surface area contributed by atoms with E-state index in [1.165, 1.54) is 147 Å². The highest BCUT2D eigenvalue weighted by Gasteiger charge is 2.31. The highest BCUT2D eigenvalue weighted by molar-refractivity contribution is 5.76. The molecular formula is C29H57N2+. The summed E-state index contributed by atoms with van der Waals surface area (Å²) in [5.74, 6) is 1.49. The molecular weight excluding hydrogens is 376 g/mol. The summed E-state index contributed by atoms with van der Waals surface area (Å²) in [6.45, 7) is 8.16. The molecule has 1 aliphatic rings. The standard InChI is InChI=1S/C29H57N2/c1-4-6-7-8-9-10-11-12-13-14-15-16-17-18-19-20-21-22-23-24-25-29-30-26-28-31(29,3)27-5-2/h12-13H,4-11,14-28H2,1-3H3/q+1/b13-12-. The molecule has 182 valence electrons. The van der Waals surface area contributed by atoms with Gasteiger partial charge in [-0.1, -0.05) is 109 Å². The summed E-state index contributed by atoms with van der Waals surface area (Å²) in [4.78, 5) is 4.81. The molecule has 0 saturated carbocycles. The van der Waals surface area contributed by atoms with Gasteiger partial charge in [-0.2, -0.15) is 0 Å². The molecule has 0 N–H and O–H groups in total. The molecule has 1 aliphatic heterocycles. The predicted octanol–water partition coefficient (Wildman–Crippen LogP) is 9.24. The Bertz CT molecular complexity index is 454. The van der Waals surface area contributed by atoms with E-state index in [1.54, 1.807) is 0 Å². The van der Waals surface area contributed by atoms with Gasteiger partial charge >= 0.3 is 0 Å². The molecule has 1 rings (SSSR count). The van der Waals surface area contributed by atoms with Crippen LogP contribution in [-0.4, -0.2) is 37.0 Å². The lowest BCUT2D eigenvalue weighted by Crippen LogP contribution is -2.47. The number of nitrogens with zero attached hydrogens (tertiary/aromatic N) is 2. The van der Waals surface area contributed by atoms with Gasteiger partial charge in [-0.05, 0) is 38.5 Å². The molecule has 0 aromatic carbocycles. The zero-order valence-electron chi connectivity index (χ0n) is 21.8. The third-order valence-electron chi connectivity index (χ3n) is 7.14. The highest BCUT2D eigenvalue weighted by Crippen LogP contribution is 2.19. The van der Waals surface area contributed by atoms with E-state index in [0.29, 0.717) is 0 Å². The Labute approximate surface area is 196 Å². The van der Waals surface area contributed by atoms with Crippen LogP contribution >= 0.6 is 0 Å². The molecule has 0 aromatic heterocycles. The van der Waals surface area contributed by atoms with Gasteiger partial charge in [0.05, 0.1) is 20.1 Å². The minimum absolute atomic E-state index is 1.06. The average Bonchev–Trinajstić information content (AvgIpc) is 3.12. The van der Waals surface area contributed by atoms with E-state index in [-0.39, 0.29) is 0 Å². The van der Waals surface area contributed by atoms with Crippen LogP contribution in [0.25, 0.3) is 0 Å². The lowest BCUT2D eigenvalue weighted by Gasteiger charge is -2.29. The van der Waals surface area contributed by atoms with E-state index < -0.39 is 0 Å². The van der Waals surface area contributed by atoms with Gasteiger partial charge in [-0.15, -0.1) is 0 Å². The second-order valence-electron chi connectivity index (χ2n) is 10.2. The van der Waals surface area contributed by atoms with Crippen LogP contribution in [0.5, 0.6) is 0 Å². The maximum Gasteiger partial charge on any atom is 0.198 e. The van der Waals surface area contributed by atoms with Gasteiger partial charge in [0.2, 0.25) is 0 Å². The smallest absolute Gasteiger partial charge is 0.198 e. The van der Waals surface area contributed by atoms with Crippen LogP contribution in [0.1, 0.15) is 142 Å². The highest BCUT2D eigenvalue weighted by atomic mass is 15.4. The van der Waals surface area contributed by atoms with E-state index in [4.69, 9.17) is 4.99 Å². The van der Waals surface area contributed by atoms with Gasteiger partial charge in [0, 0.05) is 6.42 Å². The van der Waals surface area contributed by atoms with Crippen LogP contribution < -0.4 is 0 Å². The second-order valence-corrected chi connectivity index (χ2v) is 10.2. The third-order valence-corrected chi connectivity index (χ3v) is 7.14. The number of quaternary nitrogens is 1. The number of aliphatic imine (C=N–C) groups is 1. The Hall–Kier alpha value is -0.630. The summed E-state index contributed by atoms with van der Waals surface area (Å²) in [5, 5.41) is 0. The van der Waals surface area contributed by atoms with Crippen molar-refractivity contribution in [3.63, 3.8) is 0 Å². The number of hydrogen-bond donors (Lipinski definition) is 0. The van der Waals surface area contributed by atoms with E-state index in [9.17, 15) is 0 Å². The molecule has 1 heterocycles. The van der Waals surface area contributed by atoms with Gasteiger partial charge in [-0.25, -0.2) is 4.99 Å². The first-order valence-corrected chi connectivity index (χ1v) is 14.3. The van der Waals surface area contributed by atoms with Gasteiger partial charge in [0.25, 0.3) is 0 Å². The summed E-state index contributed by atoms with van der Waals surface area (Å²) >= 11 is 0. The number of amidine groups is 1. The Morgan fingerprint density at radius 3 is 1.65 bits per heavy atom. The number of allylic oxidation sites excluding steroid dienone is 2. The normalized spacial score (nSPS) is 18.9. The van der Waals surface area contributed by atoms with Crippen LogP contribution in [-0.2, 0) is 0 Å². The van der Waals surface area contributed by atoms with Crippen molar-refractivity contribution in [3.8, 4) is 0 Å². The van der Waals surface area contributed by atoms with Crippen LogP contribution in [0.4, 0.5) is 0 Å². The molecule has 0 bridgehead atoms. The van der Waals surface area contributed by atoms with Gasteiger partial charge < -0.3 is 0 Å². The van der Waals surface area contributed by atoms with Crippen molar-refractivity contribution in [2.45, 2.75) is 142 Å². The number of unbranched alkanes of at least 4 members (excludes halogenated alkanes) is 16. The minimum Gasteiger partial charge on any atom is -0.280 e. The molecule has 31 heavy (non-hydrogen) atoms. The Morgan fingerprint density at radius 1 is 0.645 bits per heavy atom. The van der Waals surface area contributed by atoms with Crippen molar-refractivity contribution in [1.29, 1.82) is 0 Å². The van der Waals surface area contributed by atoms with Crippen molar-refractivity contribution in [2.75, 3.05) is 26.7 Å². The first-order chi connectivity index (χ1) is 15.2. The molecule has 0 saturated heterocycles. The van der Waals surface area contributed by atoms with Crippen LogP contribution in [0.15, 0.2) is 17.1 Å². The Kier molecular flexibility index (Phi) is 18.3. The van der Waals surface area contributed by atoms with Crippen molar-refractivity contribution in [1.82, 2.24) is 0 Å². The minimum atomic E-state index is 1.06. The number of rotatable bonds is 22. The van der Waals surface area contributed by atoms with Crippen molar-refractivity contribution < 1.29 is 4.48 Å². The maximum absolute atomic E-state index is 4.81. The molecule has 2 nitrogen and oxygen atoms in total. The van der Waals surface area contributed by atoms with E-state index in [2.05, 4.69) is 33.0 Å². The van der Waals surface area contributed by atoms with Gasteiger partial charge in [-0.3, -0.25) is 4.48 Å². The summed E-state index contributed by atoms with van der Waals surface area (Å²) in [7, 11) is 2.39. The van der Waals surface area contributed by atoms with E-state index >= 15 is 0 Å². The predicted molar refractivity (Wildman–Crippen MR) is 141 cm³/mol. The van der Waals surface area contributed by atoms with Crippen molar-refractivity contribution >= 4 is 5.84 Å². The number of hydrogen-bond acceptors (Lipinski definition) is 1. The zero-order chi connectivity index (χ0) is 22.5. The van der Waals surface area contributed by atoms with Crippen LogP contribution in [0, 0.1) is 0 Å². The first-order valence-electron chi connectivity index (χ1n) is 14.3. The Balaban J connectivity index is 1.79. The summed E-state index contributed by atoms with van der Waals surface area (Å²) in [6.07, 6.45) is 32.7. The molecule has 0 fully saturated rings. The quantitative estimate of drug-likeness (QED) is 0.0916. The second kappa shape index (κ2) is 20.0. The lowest BCUT2D eigenvalue weighted by atomic mass is 10.0. The number of likely N-dealkylation sites (N-methyl/N-ethyl adjacent to an activating group) is 1.